The predicted octanol–water partition coefficient (Wildman–Crippen LogP) is 1.56. The summed E-state index contributed by atoms with van der Waals surface area (Å²) in [5.41, 5.74) is 7.98. The van der Waals surface area contributed by atoms with Crippen LogP contribution in [-0.2, 0) is 7.05 Å². The topological polar surface area (TPSA) is 43.8 Å². The molecule has 1 aromatic rings. The standard InChI is InChI=1S/C9H17N3/c1-6(2)8-5-9(7(3)10)12(4)11-8/h5-7H,10H2,1-4H3. The molecule has 3 nitrogen and oxygen atoms in total. The van der Waals surface area contributed by atoms with Gasteiger partial charge in [0.15, 0.2) is 0 Å². The van der Waals surface area contributed by atoms with E-state index >= 15 is 0 Å². The number of nitrogens with two attached hydrogens (primary N) is 1. The smallest absolute Gasteiger partial charge is 0.0653 e. The molecule has 1 unspecified atom stereocenters. The highest BCUT2D eigenvalue weighted by Crippen LogP contribution is 2.16. The lowest BCUT2D eigenvalue weighted by Crippen LogP contribution is -2.10. The van der Waals surface area contributed by atoms with Crippen molar-refractivity contribution in [1.29, 1.82) is 0 Å². The molecule has 0 radical (unpaired) electrons. The Labute approximate surface area is 73.6 Å². The van der Waals surface area contributed by atoms with E-state index in [1.165, 1.54) is 0 Å². The lowest BCUT2D eigenvalue weighted by atomic mass is 10.1. The van der Waals surface area contributed by atoms with Crippen LogP contribution in [0.1, 0.15) is 44.1 Å². The van der Waals surface area contributed by atoms with Crippen LogP contribution >= 0.6 is 0 Å². The molecule has 0 bridgehead atoms. The third-order valence-electron chi connectivity index (χ3n) is 1.99. The second-order valence-corrected chi connectivity index (χ2v) is 3.56. The lowest BCUT2D eigenvalue weighted by molar-refractivity contribution is 0.642. The summed E-state index contributed by atoms with van der Waals surface area (Å²) in [6.07, 6.45) is 0. The quantitative estimate of drug-likeness (QED) is 0.726. The molecule has 0 aliphatic rings. The third kappa shape index (κ3) is 1.67. The monoisotopic (exact) mass is 167 g/mol. The molecule has 0 fully saturated rings. The number of nitrogens with zero attached hydrogens (tertiary/aromatic N) is 2. The van der Waals surface area contributed by atoms with E-state index in [1.807, 2.05) is 18.7 Å². The molecule has 1 aromatic heterocycles. The maximum Gasteiger partial charge on any atom is 0.0653 e. The van der Waals surface area contributed by atoms with Crippen molar-refractivity contribution in [2.24, 2.45) is 12.8 Å². The van der Waals surface area contributed by atoms with Crippen LogP contribution in [0.4, 0.5) is 0 Å². The molecule has 1 heterocycles. The summed E-state index contributed by atoms with van der Waals surface area (Å²) in [7, 11) is 1.94. The average molecular weight is 167 g/mol. The van der Waals surface area contributed by atoms with Crippen LogP contribution in [0.3, 0.4) is 0 Å². The Morgan fingerprint density at radius 3 is 2.25 bits per heavy atom. The molecule has 0 aliphatic carbocycles. The van der Waals surface area contributed by atoms with E-state index in [0.717, 1.165) is 11.4 Å². The van der Waals surface area contributed by atoms with Gasteiger partial charge in [-0.05, 0) is 18.9 Å². The van der Waals surface area contributed by atoms with E-state index in [-0.39, 0.29) is 6.04 Å². The first-order valence-corrected chi connectivity index (χ1v) is 4.31. The summed E-state index contributed by atoms with van der Waals surface area (Å²) in [5, 5.41) is 4.37. The van der Waals surface area contributed by atoms with Crippen molar-refractivity contribution in [3.05, 3.63) is 17.5 Å². The van der Waals surface area contributed by atoms with Crippen LogP contribution in [0, 0.1) is 0 Å². The van der Waals surface area contributed by atoms with E-state index in [2.05, 4.69) is 25.0 Å². The Kier molecular flexibility index (Phi) is 2.52. The van der Waals surface area contributed by atoms with Gasteiger partial charge in [0.1, 0.15) is 0 Å². The van der Waals surface area contributed by atoms with E-state index < -0.39 is 0 Å². The zero-order chi connectivity index (χ0) is 9.30. The third-order valence-corrected chi connectivity index (χ3v) is 1.99. The molecule has 0 saturated heterocycles. The number of aromatic nitrogens is 2. The van der Waals surface area contributed by atoms with Crippen molar-refractivity contribution in [3.63, 3.8) is 0 Å². The van der Waals surface area contributed by atoms with Crippen molar-refractivity contribution in [2.75, 3.05) is 0 Å². The summed E-state index contributed by atoms with van der Waals surface area (Å²) < 4.78 is 1.86. The minimum Gasteiger partial charge on any atom is -0.323 e. The first-order chi connectivity index (χ1) is 5.52. The molecule has 0 spiro atoms. The van der Waals surface area contributed by atoms with Crippen LogP contribution < -0.4 is 5.73 Å². The Hall–Kier alpha value is -0.830. The maximum atomic E-state index is 5.77. The Morgan fingerprint density at radius 1 is 1.42 bits per heavy atom. The summed E-state index contributed by atoms with van der Waals surface area (Å²) in [5.74, 6) is 0.476. The maximum absolute atomic E-state index is 5.77. The SMILES string of the molecule is CC(C)c1cc(C(C)N)n(C)n1. The van der Waals surface area contributed by atoms with E-state index in [9.17, 15) is 0 Å². The normalized spacial score (nSPS) is 13.8. The first-order valence-electron chi connectivity index (χ1n) is 4.31. The van der Waals surface area contributed by atoms with Crippen molar-refractivity contribution >= 4 is 0 Å². The first kappa shape index (κ1) is 9.26. The zero-order valence-corrected chi connectivity index (χ0v) is 8.20. The van der Waals surface area contributed by atoms with E-state index in [0.29, 0.717) is 5.92 Å². The summed E-state index contributed by atoms with van der Waals surface area (Å²) in [6, 6.07) is 2.14. The number of rotatable bonds is 2. The van der Waals surface area contributed by atoms with E-state index in [4.69, 9.17) is 5.73 Å². The molecule has 68 valence electrons. The van der Waals surface area contributed by atoms with Crippen LogP contribution in [0.2, 0.25) is 0 Å². The molecule has 1 atom stereocenters. The zero-order valence-electron chi connectivity index (χ0n) is 8.20. The van der Waals surface area contributed by atoms with Crippen molar-refractivity contribution < 1.29 is 0 Å². The molecule has 12 heavy (non-hydrogen) atoms. The fraction of sp³-hybridized carbons (Fsp3) is 0.667. The van der Waals surface area contributed by atoms with E-state index in [1.54, 1.807) is 0 Å². The minimum absolute atomic E-state index is 0.0648. The number of hydrogen-bond donors (Lipinski definition) is 1. The molecular formula is C9H17N3. The van der Waals surface area contributed by atoms with Gasteiger partial charge in [-0.25, -0.2) is 0 Å². The Morgan fingerprint density at radius 2 is 2.00 bits per heavy atom. The summed E-state index contributed by atoms with van der Waals surface area (Å²) in [4.78, 5) is 0. The van der Waals surface area contributed by atoms with Gasteiger partial charge in [-0.2, -0.15) is 5.10 Å². The minimum atomic E-state index is 0.0648. The van der Waals surface area contributed by atoms with Gasteiger partial charge in [0.05, 0.1) is 11.4 Å². The fourth-order valence-electron chi connectivity index (χ4n) is 1.21. The largest absolute Gasteiger partial charge is 0.323 e. The lowest BCUT2D eigenvalue weighted by Gasteiger charge is -2.03. The van der Waals surface area contributed by atoms with Gasteiger partial charge < -0.3 is 5.73 Å². The fourth-order valence-corrected chi connectivity index (χ4v) is 1.21. The van der Waals surface area contributed by atoms with Crippen molar-refractivity contribution in [2.45, 2.75) is 32.7 Å². The molecule has 1 rings (SSSR count). The number of aryl methyl sites for hydroxylation is 1. The molecule has 3 heteroatoms. The molecule has 0 saturated carbocycles. The molecule has 0 aliphatic heterocycles. The van der Waals surface area contributed by atoms with Gasteiger partial charge >= 0.3 is 0 Å². The van der Waals surface area contributed by atoms with Gasteiger partial charge in [-0.3, -0.25) is 4.68 Å². The van der Waals surface area contributed by atoms with Crippen molar-refractivity contribution in [1.82, 2.24) is 9.78 Å². The van der Waals surface area contributed by atoms with Crippen LogP contribution in [-0.4, -0.2) is 9.78 Å². The Bertz CT molecular complexity index is 261. The second kappa shape index (κ2) is 3.27. The second-order valence-electron chi connectivity index (χ2n) is 3.56. The molecule has 0 amide bonds. The van der Waals surface area contributed by atoms with Gasteiger partial charge in [0, 0.05) is 13.1 Å². The number of hydrogen-bond acceptors (Lipinski definition) is 2. The predicted molar refractivity (Wildman–Crippen MR) is 49.9 cm³/mol. The molecule has 2 N–H and O–H groups in total. The average Bonchev–Trinajstić information content (AvgIpc) is 2.30. The summed E-state index contributed by atoms with van der Waals surface area (Å²) >= 11 is 0. The van der Waals surface area contributed by atoms with Gasteiger partial charge in [-0.1, -0.05) is 13.8 Å². The van der Waals surface area contributed by atoms with Crippen molar-refractivity contribution in [3.8, 4) is 0 Å². The molecule has 0 aromatic carbocycles. The molecular weight excluding hydrogens is 150 g/mol. The van der Waals surface area contributed by atoms with Crippen LogP contribution in [0.25, 0.3) is 0 Å². The highest BCUT2D eigenvalue weighted by atomic mass is 15.3. The van der Waals surface area contributed by atoms with Crippen LogP contribution in [0.5, 0.6) is 0 Å². The van der Waals surface area contributed by atoms with Gasteiger partial charge in [-0.15, -0.1) is 0 Å². The Balaban J connectivity index is 3.00. The highest BCUT2D eigenvalue weighted by molar-refractivity contribution is 5.15. The van der Waals surface area contributed by atoms with Gasteiger partial charge in [0.25, 0.3) is 0 Å². The van der Waals surface area contributed by atoms with Crippen LogP contribution in [0.15, 0.2) is 6.07 Å². The van der Waals surface area contributed by atoms with Gasteiger partial charge in [0.2, 0.25) is 0 Å². The highest BCUT2D eigenvalue weighted by Gasteiger charge is 2.10. The summed E-state index contributed by atoms with van der Waals surface area (Å²) in [6.45, 7) is 6.24.